The van der Waals surface area contributed by atoms with E-state index in [4.69, 9.17) is 9.52 Å². The molecule has 3 heterocycles. The van der Waals surface area contributed by atoms with Crippen LogP contribution in [0.3, 0.4) is 0 Å². The maximum atomic E-state index is 12.4. The highest BCUT2D eigenvalue weighted by Gasteiger charge is 2.24. The van der Waals surface area contributed by atoms with Gasteiger partial charge in [-0.05, 0) is 54.3 Å². The third-order valence-corrected chi connectivity index (χ3v) is 6.98. The molecule has 28 heavy (non-hydrogen) atoms. The summed E-state index contributed by atoms with van der Waals surface area (Å²) >= 11 is -1.32. The summed E-state index contributed by atoms with van der Waals surface area (Å²) in [4.78, 5) is 26.1. The van der Waals surface area contributed by atoms with E-state index in [1.54, 1.807) is 18.2 Å². The molecule has 1 fully saturated rings. The van der Waals surface area contributed by atoms with Gasteiger partial charge in [-0.2, -0.15) is 0 Å². The van der Waals surface area contributed by atoms with E-state index in [-0.39, 0.29) is 10.1 Å². The van der Waals surface area contributed by atoms with Gasteiger partial charge in [0.2, 0.25) is 0 Å². The topological polar surface area (TPSA) is 111 Å². The Morgan fingerprint density at radius 1 is 1.21 bits per heavy atom. The highest BCUT2D eigenvalue weighted by molar-refractivity contribution is 7.81. The minimum Gasteiger partial charge on any atom is -0.768 e. The van der Waals surface area contributed by atoms with Crippen LogP contribution in [0.1, 0.15) is 12.8 Å². The molecule has 0 bridgehead atoms. The maximum Gasteiger partial charge on any atom is 0.345 e. The maximum absolute atomic E-state index is 12.4. The lowest BCUT2D eigenvalue weighted by Crippen LogP contribution is -2.36. The second-order valence-electron chi connectivity index (χ2n) is 6.62. The molecule has 4 rings (SSSR count). The Balaban J connectivity index is 1.63. The van der Waals surface area contributed by atoms with Crippen molar-refractivity contribution >= 4 is 45.0 Å². The van der Waals surface area contributed by atoms with Gasteiger partial charge < -0.3 is 19.0 Å². The Kier molecular flexibility index (Phi) is 5.05. The van der Waals surface area contributed by atoms with Gasteiger partial charge in [-0.1, -0.05) is 0 Å². The van der Waals surface area contributed by atoms with Crippen LogP contribution in [0.2, 0.25) is 0 Å². The van der Waals surface area contributed by atoms with Crippen molar-refractivity contribution < 1.29 is 23.1 Å². The molecular weight excluding hydrogens is 402 g/mol. The molecule has 1 saturated heterocycles. The van der Waals surface area contributed by atoms with Gasteiger partial charge in [0.15, 0.2) is 0 Å². The number of fused-ring (bicyclic) bond motifs is 1. The number of aliphatic carboxylic acids is 1. The van der Waals surface area contributed by atoms with Gasteiger partial charge in [0, 0.05) is 35.1 Å². The minimum atomic E-state index is -2.33. The van der Waals surface area contributed by atoms with Gasteiger partial charge in [0.25, 0.3) is 0 Å². The van der Waals surface area contributed by atoms with Crippen molar-refractivity contribution in [1.82, 2.24) is 0 Å². The zero-order valence-corrected chi connectivity index (χ0v) is 16.3. The molecule has 1 aliphatic heterocycles. The molecular formula is C19H16NO6S2-. The van der Waals surface area contributed by atoms with Gasteiger partial charge in [-0.15, -0.1) is 11.3 Å². The Hall–Kier alpha value is -2.49. The van der Waals surface area contributed by atoms with Crippen molar-refractivity contribution in [1.29, 1.82) is 0 Å². The number of carboxylic acids is 1. The van der Waals surface area contributed by atoms with Crippen LogP contribution in [0.5, 0.6) is 0 Å². The van der Waals surface area contributed by atoms with Crippen LogP contribution >= 0.6 is 11.3 Å². The molecule has 1 unspecified atom stereocenters. The van der Waals surface area contributed by atoms with Gasteiger partial charge in [0.1, 0.15) is 5.58 Å². The Morgan fingerprint density at radius 2 is 1.96 bits per heavy atom. The molecule has 2 aromatic heterocycles. The predicted molar refractivity (Wildman–Crippen MR) is 106 cm³/mol. The molecule has 0 radical (unpaired) electrons. The van der Waals surface area contributed by atoms with E-state index in [1.165, 1.54) is 6.07 Å². The van der Waals surface area contributed by atoms with Crippen molar-refractivity contribution in [3.63, 3.8) is 0 Å². The monoisotopic (exact) mass is 418 g/mol. The fraction of sp³-hybridized carbons (Fsp3) is 0.263. The number of benzene rings is 1. The normalized spacial score (nSPS) is 16.4. The number of anilines is 1. The predicted octanol–water partition coefficient (Wildman–Crippen LogP) is 3.06. The summed E-state index contributed by atoms with van der Waals surface area (Å²) in [6.45, 7) is 1.27. The largest absolute Gasteiger partial charge is 0.768 e. The molecule has 1 aliphatic rings. The van der Waals surface area contributed by atoms with Crippen LogP contribution in [0.4, 0.5) is 5.69 Å². The molecule has 1 aromatic carbocycles. The van der Waals surface area contributed by atoms with Gasteiger partial charge in [-0.3, -0.25) is 9.00 Å². The Bertz CT molecular complexity index is 1130. The Labute approximate surface area is 166 Å². The molecule has 1 atom stereocenters. The van der Waals surface area contributed by atoms with Gasteiger partial charge in [0.05, 0.1) is 15.7 Å². The summed E-state index contributed by atoms with van der Waals surface area (Å²) in [7, 11) is 0. The molecule has 7 nitrogen and oxygen atoms in total. The van der Waals surface area contributed by atoms with Crippen molar-refractivity contribution in [3.05, 3.63) is 46.8 Å². The SMILES string of the molecule is O=C(O)C1CCN(c2ccc3cc(-c4ccc(S(=O)[O-])s4)c(=O)oc3c2)CC1. The van der Waals surface area contributed by atoms with Crippen molar-refractivity contribution in [3.8, 4) is 10.4 Å². The number of nitrogens with zero attached hydrogens (tertiary/aromatic N) is 1. The summed E-state index contributed by atoms with van der Waals surface area (Å²) in [5, 5.41) is 9.85. The number of thiophene rings is 1. The third-order valence-electron chi connectivity index (χ3n) is 4.94. The van der Waals surface area contributed by atoms with Crippen LogP contribution in [-0.4, -0.2) is 32.9 Å². The van der Waals surface area contributed by atoms with Crippen molar-refractivity contribution in [2.45, 2.75) is 17.1 Å². The minimum absolute atomic E-state index is 0.162. The van der Waals surface area contributed by atoms with Crippen LogP contribution in [-0.2, 0) is 15.9 Å². The molecule has 0 saturated carbocycles. The summed E-state index contributed by atoms with van der Waals surface area (Å²) in [5.74, 6) is -1.06. The van der Waals surface area contributed by atoms with Crippen LogP contribution in [0.15, 0.2) is 49.8 Å². The quantitative estimate of drug-likeness (QED) is 0.512. The lowest BCUT2D eigenvalue weighted by molar-refractivity contribution is -0.142. The standard InChI is InChI=1S/C19H17NO6S2/c21-18(22)11-5-7-20(8-6-11)13-2-1-12-9-14(19(23)26-15(12)10-13)16-3-4-17(27-16)28(24)25/h1-4,9-11H,5-8H2,(H,21,22)(H,24,25)/p-1. The number of carboxylic acid groups (broad SMARTS) is 1. The molecule has 3 aromatic rings. The first kappa shape index (κ1) is 18.9. The lowest BCUT2D eigenvalue weighted by Gasteiger charge is -2.31. The van der Waals surface area contributed by atoms with E-state index in [9.17, 15) is 18.4 Å². The third kappa shape index (κ3) is 3.60. The number of hydrogen-bond donors (Lipinski definition) is 1. The first-order valence-corrected chi connectivity index (χ1v) is 10.6. The fourth-order valence-electron chi connectivity index (χ4n) is 3.41. The van der Waals surface area contributed by atoms with Crippen molar-refractivity contribution in [2.24, 2.45) is 5.92 Å². The average Bonchev–Trinajstić information content (AvgIpc) is 3.17. The molecule has 0 spiro atoms. The van der Waals surface area contributed by atoms with E-state index in [0.29, 0.717) is 42.0 Å². The fourth-order valence-corrected chi connectivity index (χ4v) is 4.87. The molecule has 1 N–H and O–H groups in total. The van der Waals surface area contributed by atoms with Gasteiger partial charge >= 0.3 is 11.6 Å². The Morgan fingerprint density at radius 3 is 2.61 bits per heavy atom. The molecule has 0 aliphatic carbocycles. The zero-order chi connectivity index (χ0) is 19.8. The van der Waals surface area contributed by atoms with E-state index < -0.39 is 22.7 Å². The summed E-state index contributed by atoms with van der Waals surface area (Å²) in [6.07, 6.45) is 1.16. The van der Waals surface area contributed by atoms with Crippen LogP contribution < -0.4 is 10.5 Å². The zero-order valence-electron chi connectivity index (χ0n) is 14.6. The van der Waals surface area contributed by atoms with Crippen LogP contribution in [0.25, 0.3) is 21.4 Å². The first-order chi connectivity index (χ1) is 13.4. The molecule has 0 amide bonds. The number of piperidine rings is 1. The second-order valence-corrected chi connectivity index (χ2v) is 8.87. The lowest BCUT2D eigenvalue weighted by atomic mass is 9.96. The first-order valence-electron chi connectivity index (χ1n) is 8.67. The molecule has 9 heteroatoms. The highest BCUT2D eigenvalue weighted by Crippen LogP contribution is 2.31. The number of rotatable bonds is 4. The average molecular weight is 418 g/mol. The van der Waals surface area contributed by atoms with E-state index in [1.807, 2.05) is 12.1 Å². The summed E-state index contributed by atoms with van der Waals surface area (Å²) in [5.41, 5.74) is 1.12. The number of carbonyl (C=O) groups is 1. The van der Waals surface area contributed by atoms with E-state index in [2.05, 4.69) is 4.90 Å². The second kappa shape index (κ2) is 7.50. The highest BCUT2D eigenvalue weighted by atomic mass is 32.2. The number of hydrogen-bond acceptors (Lipinski definition) is 7. The van der Waals surface area contributed by atoms with Gasteiger partial charge in [-0.25, -0.2) is 4.79 Å². The van der Waals surface area contributed by atoms with Crippen molar-refractivity contribution in [2.75, 3.05) is 18.0 Å². The molecule has 146 valence electrons. The summed E-state index contributed by atoms with van der Waals surface area (Å²) < 4.78 is 27.8. The van der Waals surface area contributed by atoms with E-state index >= 15 is 0 Å². The van der Waals surface area contributed by atoms with E-state index in [0.717, 1.165) is 22.4 Å². The van der Waals surface area contributed by atoms with Crippen LogP contribution in [0, 0.1) is 5.92 Å². The summed E-state index contributed by atoms with van der Waals surface area (Å²) in [6, 6.07) is 10.3. The smallest absolute Gasteiger partial charge is 0.345 e.